The molecule has 0 aromatic carbocycles. The van der Waals surface area contributed by atoms with Crippen LogP contribution in [0, 0.1) is 0 Å². The number of hydrogen-bond acceptors (Lipinski definition) is 2. The molecule has 0 spiro atoms. The molecule has 0 amide bonds. The number of likely N-dealkylation sites (tertiary alicyclic amines) is 1. The molecule has 1 heterocycles. The Bertz CT molecular complexity index is 260. The van der Waals surface area contributed by atoms with Gasteiger partial charge in [-0.05, 0) is 19.3 Å². The smallest absolute Gasteiger partial charge is 0.300 e. The van der Waals surface area contributed by atoms with Gasteiger partial charge in [-0.15, -0.1) is 0 Å². The van der Waals surface area contributed by atoms with E-state index >= 15 is 0 Å². The number of rotatable bonds is 1. The summed E-state index contributed by atoms with van der Waals surface area (Å²) >= 11 is 0. The van der Waals surface area contributed by atoms with E-state index in [2.05, 4.69) is 0 Å². The van der Waals surface area contributed by atoms with Gasteiger partial charge in [0.25, 0.3) is 0 Å². The lowest BCUT2D eigenvalue weighted by Crippen LogP contribution is -2.64. The summed E-state index contributed by atoms with van der Waals surface area (Å²) in [5, 5.41) is 0. The second kappa shape index (κ2) is 3.47. The zero-order chi connectivity index (χ0) is 11.1. The van der Waals surface area contributed by atoms with Crippen LogP contribution in [0.1, 0.15) is 32.1 Å². The van der Waals surface area contributed by atoms with Crippen molar-refractivity contribution in [2.45, 2.75) is 43.8 Å². The van der Waals surface area contributed by atoms with Gasteiger partial charge in [0.2, 0.25) is 0 Å². The zero-order valence-corrected chi connectivity index (χ0v) is 8.44. The van der Waals surface area contributed by atoms with Gasteiger partial charge in [0.15, 0.2) is 0 Å². The number of hydrogen-bond donors (Lipinski definition) is 0. The highest BCUT2D eigenvalue weighted by Crippen LogP contribution is 2.50. The lowest BCUT2D eigenvalue weighted by Gasteiger charge is -2.52. The average molecular weight is 221 g/mol. The normalized spacial score (nSPS) is 27.5. The topological polar surface area (TPSA) is 20.3 Å². The van der Waals surface area contributed by atoms with Gasteiger partial charge >= 0.3 is 6.18 Å². The van der Waals surface area contributed by atoms with Crippen LogP contribution in [0.3, 0.4) is 0 Å². The van der Waals surface area contributed by atoms with Crippen molar-refractivity contribution in [3.63, 3.8) is 0 Å². The van der Waals surface area contributed by atoms with Crippen LogP contribution in [0.15, 0.2) is 0 Å². The summed E-state index contributed by atoms with van der Waals surface area (Å²) < 4.78 is 38.7. The summed E-state index contributed by atoms with van der Waals surface area (Å²) in [5.41, 5.74) is -1.60. The molecule has 5 heteroatoms. The van der Waals surface area contributed by atoms with Crippen LogP contribution in [0.2, 0.25) is 0 Å². The Balaban J connectivity index is 2.10. The van der Waals surface area contributed by atoms with E-state index in [0.717, 1.165) is 0 Å². The maximum absolute atomic E-state index is 12.9. The number of alkyl halides is 3. The molecule has 1 aliphatic carbocycles. The number of ketones is 1. The largest absolute Gasteiger partial charge is 0.406 e. The molecule has 2 fully saturated rings. The van der Waals surface area contributed by atoms with E-state index in [1.807, 2.05) is 0 Å². The SMILES string of the molecule is O=C1CCN(C2(C(F)(F)F)CCC2)CC1. The molecule has 1 saturated carbocycles. The summed E-state index contributed by atoms with van der Waals surface area (Å²) in [6.45, 7) is 0.552. The highest BCUT2D eigenvalue weighted by molar-refractivity contribution is 5.79. The third-order valence-electron chi connectivity index (χ3n) is 3.63. The van der Waals surface area contributed by atoms with Crippen LogP contribution in [0.5, 0.6) is 0 Å². The monoisotopic (exact) mass is 221 g/mol. The number of carbonyl (C=O) groups excluding carboxylic acids is 1. The van der Waals surface area contributed by atoms with E-state index in [4.69, 9.17) is 0 Å². The molecule has 0 bridgehead atoms. The maximum Gasteiger partial charge on any atom is 0.406 e. The minimum absolute atomic E-state index is 0.0860. The van der Waals surface area contributed by atoms with Gasteiger partial charge < -0.3 is 0 Å². The van der Waals surface area contributed by atoms with Crippen molar-refractivity contribution < 1.29 is 18.0 Å². The number of halogens is 3. The minimum atomic E-state index is -4.15. The lowest BCUT2D eigenvalue weighted by atomic mass is 9.74. The van der Waals surface area contributed by atoms with Crippen LogP contribution in [0.25, 0.3) is 0 Å². The molecule has 0 unspecified atom stereocenters. The summed E-state index contributed by atoms with van der Waals surface area (Å²) in [5.74, 6) is 0.0860. The molecule has 2 aliphatic rings. The van der Waals surface area contributed by atoms with Crippen LogP contribution < -0.4 is 0 Å². The first kappa shape index (κ1) is 10.9. The molecule has 2 nitrogen and oxygen atoms in total. The van der Waals surface area contributed by atoms with Gasteiger partial charge in [-0.2, -0.15) is 13.2 Å². The van der Waals surface area contributed by atoms with Crippen molar-refractivity contribution in [3.8, 4) is 0 Å². The third kappa shape index (κ3) is 1.67. The fraction of sp³-hybridized carbons (Fsp3) is 0.900. The molecule has 1 aliphatic heterocycles. The highest BCUT2D eigenvalue weighted by atomic mass is 19.4. The summed E-state index contributed by atoms with van der Waals surface area (Å²) in [7, 11) is 0. The molecule has 0 atom stereocenters. The first-order valence-electron chi connectivity index (χ1n) is 5.29. The van der Waals surface area contributed by atoms with Gasteiger partial charge in [-0.1, -0.05) is 0 Å². The van der Waals surface area contributed by atoms with E-state index in [1.165, 1.54) is 4.90 Å². The van der Waals surface area contributed by atoms with Gasteiger partial charge in [-0.25, -0.2) is 0 Å². The van der Waals surface area contributed by atoms with E-state index in [9.17, 15) is 18.0 Å². The van der Waals surface area contributed by atoms with Crippen molar-refractivity contribution in [3.05, 3.63) is 0 Å². The number of piperidine rings is 1. The fourth-order valence-corrected chi connectivity index (χ4v) is 2.47. The Kier molecular flexibility index (Phi) is 2.53. The minimum Gasteiger partial charge on any atom is -0.300 e. The molecule has 2 rings (SSSR count). The summed E-state index contributed by atoms with van der Waals surface area (Å²) in [6.07, 6.45) is -2.55. The van der Waals surface area contributed by atoms with Crippen molar-refractivity contribution in [1.29, 1.82) is 0 Å². The standard InChI is InChI=1S/C10H14F3NO/c11-10(12,13)9(4-1-5-9)14-6-2-8(15)3-7-14/h1-7H2. The van der Waals surface area contributed by atoms with Gasteiger partial charge in [0, 0.05) is 25.9 Å². The van der Waals surface area contributed by atoms with E-state index < -0.39 is 11.7 Å². The van der Waals surface area contributed by atoms with E-state index in [0.29, 0.717) is 6.42 Å². The second-order valence-corrected chi connectivity index (χ2v) is 4.41. The molecule has 0 N–H and O–H groups in total. The van der Waals surface area contributed by atoms with Crippen molar-refractivity contribution in [1.82, 2.24) is 4.90 Å². The number of carbonyl (C=O) groups is 1. The average Bonchev–Trinajstić information content (AvgIpc) is 2.03. The molecule has 15 heavy (non-hydrogen) atoms. The molecular formula is C10H14F3NO. The highest BCUT2D eigenvalue weighted by Gasteiger charge is 2.61. The number of Topliss-reactive ketones (excluding diaryl/α,β-unsaturated/α-hetero) is 1. The third-order valence-corrected chi connectivity index (χ3v) is 3.63. The first-order chi connectivity index (χ1) is 6.96. The predicted molar refractivity (Wildman–Crippen MR) is 48.5 cm³/mol. The zero-order valence-electron chi connectivity index (χ0n) is 8.44. The van der Waals surface area contributed by atoms with Gasteiger partial charge in [0.1, 0.15) is 11.3 Å². The van der Waals surface area contributed by atoms with Crippen LogP contribution >= 0.6 is 0 Å². The molecule has 0 aromatic heterocycles. The van der Waals surface area contributed by atoms with Crippen molar-refractivity contribution in [2.75, 3.05) is 13.1 Å². The first-order valence-corrected chi connectivity index (χ1v) is 5.29. The second-order valence-electron chi connectivity index (χ2n) is 4.41. The van der Waals surface area contributed by atoms with Crippen LogP contribution in [-0.4, -0.2) is 35.5 Å². The summed E-state index contributed by atoms with van der Waals surface area (Å²) in [4.78, 5) is 12.5. The number of nitrogens with zero attached hydrogens (tertiary/aromatic N) is 1. The Morgan fingerprint density at radius 2 is 1.67 bits per heavy atom. The maximum atomic E-state index is 12.9. The fourth-order valence-electron chi connectivity index (χ4n) is 2.47. The van der Waals surface area contributed by atoms with E-state index in [-0.39, 0.29) is 44.6 Å². The Hall–Kier alpha value is -0.580. The molecule has 1 saturated heterocycles. The quantitative estimate of drug-likeness (QED) is 0.676. The summed E-state index contributed by atoms with van der Waals surface area (Å²) in [6, 6.07) is 0. The Labute approximate surface area is 86.4 Å². The predicted octanol–water partition coefficient (Wildman–Crippen LogP) is 2.14. The van der Waals surface area contributed by atoms with Crippen LogP contribution in [0.4, 0.5) is 13.2 Å². The molecular weight excluding hydrogens is 207 g/mol. The Morgan fingerprint density at radius 3 is 2.00 bits per heavy atom. The molecule has 0 radical (unpaired) electrons. The van der Waals surface area contributed by atoms with E-state index in [1.54, 1.807) is 0 Å². The molecule has 86 valence electrons. The van der Waals surface area contributed by atoms with Crippen molar-refractivity contribution >= 4 is 5.78 Å². The Morgan fingerprint density at radius 1 is 1.13 bits per heavy atom. The van der Waals surface area contributed by atoms with Gasteiger partial charge in [-0.3, -0.25) is 9.69 Å². The van der Waals surface area contributed by atoms with Crippen LogP contribution in [-0.2, 0) is 4.79 Å². The molecule has 0 aromatic rings. The van der Waals surface area contributed by atoms with Crippen molar-refractivity contribution in [2.24, 2.45) is 0 Å². The lowest BCUT2D eigenvalue weighted by molar-refractivity contribution is -0.259. The van der Waals surface area contributed by atoms with Gasteiger partial charge in [0.05, 0.1) is 0 Å².